The highest BCUT2D eigenvalue weighted by molar-refractivity contribution is 7.12. The van der Waals surface area contributed by atoms with Gasteiger partial charge in [-0.15, -0.1) is 11.3 Å². The molecule has 2 rings (SSSR count). The van der Waals surface area contributed by atoms with E-state index < -0.39 is 0 Å². The summed E-state index contributed by atoms with van der Waals surface area (Å²) in [5.41, 5.74) is 1.18. The molecule has 0 radical (unpaired) electrons. The van der Waals surface area contributed by atoms with E-state index in [0.717, 1.165) is 19.3 Å². The molecule has 1 aliphatic rings. The monoisotopic (exact) mass is 322 g/mol. The molecule has 0 spiro atoms. The van der Waals surface area contributed by atoms with Crippen molar-refractivity contribution in [1.82, 2.24) is 10.2 Å². The Bertz CT molecular complexity index is 553. The van der Waals surface area contributed by atoms with Gasteiger partial charge in [0.15, 0.2) is 0 Å². The number of rotatable bonds is 4. The fourth-order valence-electron chi connectivity index (χ4n) is 3.17. The summed E-state index contributed by atoms with van der Waals surface area (Å²) in [5.74, 6) is 0.0623. The molecule has 1 aromatic heterocycles. The summed E-state index contributed by atoms with van der Waals surface area (Å²) in [6, 6.07) is 1.82. The Balaban J connectivity index is 2.06. The zero-order valence-electron chi connectivity index (χ0n) is 13.9. The summed E-state index contributed by atoms with van der Waals surface area (Å²) in [5, 5.41) is 3.10. The molecule has 4 nitrogen and oxygen atoms in total. The average Bonchev–Trinajstić information content (AvgIpc) is 2.85. The minimum atomic E-state index is -0.302. The first-order valence-electron chi connectivity index (χ1n) is 8.10. The Morgan fingerprint density at radius 2 is 2.14 bits per heavy atom. The van der Waals surface area contributed by atoms with Crippen LogP contribution in [-0.4, -0.2) is 29.3 Å². The Kier molecular flexibility index (Phi) is 5.62. The molecule has 0 aliphatic carbocycles. The van der Waals surface area contributed by atoms with Gasteiger partial charge in [-0.05, 0) is 51.7 Å². The molecule has 22 heavy (non-hydrogen) atoms. The van der Waals surface area contributed by atoms with Crippen molar-refractivity contribution in [3.05, 3.63) is 21.4 Å². The van der Waals surface area contributed by atoms with Crippen LogP contribution < -0.4 is 5.32 Å². The van der Waals surface area contributed by atoms with Crippen LogP contribution in [0.5, 0.6) is 0 Å². The van der Waals surface area contributed by atoms with Crippen molar-refractivity contribution in [2.75, 3.05) is 6.54 Å². The largest absolute Gasteiger partial charge is 0.348 e. The van der Waals surface area contributed by atoms with E-state index >= 15 is 0 Å². The second kappa shape index (κ2) is 7.27. The van der Waals surface area contributed by atoms with Crippen molar-refractivity contribution in [2.45, 2.75) is 65.5 Å². The quantitative estimate of drug-likeness (QED) is 0.924. The van der Waals surface area contributed by atoms with Crippen molar-refractivity contribution >= 4 is 23.2 Å². The van der Waals surface area contributed by atoms with Gasteiger partial charge in [-0.3, -0.25) is 9.59 Å². The van der Waals surface area contributed by atoms with Crippen molar-refractivity contribution < 1.29 is 9.59 Å². The van der Waals surface area contributed by atoms with Crippen LogP contribution in [0.25, 0.3) is 0 Å². The Hall–Kier alpha value is -1.36. The minimum absolute atomic E-state index is 0.0158. The van der Waals surface area contributed by atoms with Crippen LogP contribution in [0.3, 0.4) is 0 Å². The number of carbonyl (C=O) groups excluding carboxylic acids is 2. The molecule has 0 unspecified atom stereocenters. The maximum Gasteiger partial charge on any atom is 0.243 e. The van der Waals surface area contributed by atoms with Gasteiger partial charge in [-0.25, -0.2) is 0 Å². The molecule has 2 atom stereocenters. The van der Waals surface area contributed by atoms with Crippen LogP contribution >= 0.6 is 11.3 Å². The second-order valence-electron chi connectivity index (χ2n) is 6.05. The van der Waals surface area contributed by atoms with Gasteiger partial charge in [0, 0.05) is 22.7 Å². The van der Waals surface area contributed by atoms with Crippen LogP contribution in [0.15, 0.2) is 6.07 Å². The normalized spacial score (nSPS) is 19.8. The van der Waals surface area contributed by atoms with Crippen LogP contribution in [0.1, 0.15) is 60.9 Å². The first-order valence-corrected chi connectivity index (χ1v) is 8.92. The van der Waals surface area contributed by atoms with E-state index in [-0.39, 0.29) is 23.9 Å². The van der Waals surface area contributed by atoms with Gasteiger partial charge in [0.2, 0.25) is 11.8 Å². The Morgan fingerprint density at radius 3 is 2.73 bits per heavy atom. The van der Waals surface area contributed by atoms with Crippen molar-refractivity contribution in [3.63, 3.8) is 0 Å². The van der Waals surface area contributed by atoms with Crippen molar-refractivity contribution in [1.29, 1.82) is 0 Å². The third-order valence-corrected chi connectivity index (χ3v) is 5.31. The fourth-order valence-corrected chi connectivity index (χ4v) is 4.20. The molecule has 1 aliphatic heterocycles. The molecule has 1 aromatic rings. The first-order chi connectivity index (χ1) is 10.4. The average molecular weight is 322 g/mol. The smallest absolute Gasteiger partial charge is 0.243 e. The number of hydrogen-bond donors (Lipinski definition) is 1. The highest BCUT2D eigenvalue weighted by Crippen LogP contribution is 2.27. The number of amides is 2. The Labute approximate surface area is 136 Å². The second-order valence-corrected chi connectivity index (χ2v) is 7.51. The maximum absolute atomic E-state index is 12.6. The fraction of sp³-hybridized carbons (Fsp3) is 0.647. The van der Waals surface area contributed by atoms with Crippen LogP contribution in [-0.2, 0) is 9.59 Å². The van der Waals surface area contributed by atoms with Gasteiger partial charge < -0.3 is 10.2 Å². The van der Waals surface area contributed by atoms with Gasteiger partial charge in [0.05, 0.1) is 6.04 Å². The SMILES string of the molecule is CCC(=O)N1CCCC[C@H]1C(=O)N[C@H](C)c1cc(C)sc1C. The molecule has 122 valence electrons. The van der Waals surface area contributed by atoms with E-state index in [2.05, 4.69) is 25.2 Å². The molecule has 2 heterocycles. The summed E-state index contributed by atoms with van der Waals surface area (Å²) in [6.45, 7) is 8.74. The van der Waals surface area contributed by atoms with Crippen LogP contribution in [0, 0.1) is 13.8 Å². The van der Waals surface area contributed by atoms with Gasteiger partial charge in [0.25, 0.3) is 0 Å². The van der Waals surface area contributed by atoms with E-state index in [1.165, 1.54) is 15.3 Å². The lowest BCUT2D eigenvalue weighted by molar-refractivity contribution is -0.142. The highest BCUT2D eigenvalue weighted by Gasteiger charge is 2.32. The number of piperidine rings is 1. The zero-order chi connectivity index (χ0) is 16.3. The molecular formula is C17H26N2O2S. The predicted molar refractivity (Wildman–Crippen MR) is 90.0 cm³/mol. The molecule has 1 fully saturated rings. The lowest BCUT2D eigenvalue weighted by Gasteiger charge is -2.35. The minimum Gasteiger partial charge on any atom is -0.348 e. The molecule has 1 N–H and O–H groups in total. The molecule has 0 aromatic carbocycles. The summed E-state index contributed by atoms with van der Waals surface area (Å²) in [4.78, 5) is 28.9. The zero-order valence-corrected chi connectivity index (χ0v) is 14.8. The van der Waals surface area contributed by atoms with E-state index in [0.29, 0.717) is 13.0 Å². The predicted octanol–water partition coefficient (Wildman–Crippen LogP) is 3.33. The maximum atomic E-state index is 12.6. The van der Waals surface area contributed by atoms with E-state index in [9.17, 15) is 9.59 Å². The topological polar surface area (TPSA) is 49.4 Å². The molecular weight excluding hydrogens is 296 g/mol. The number of likely N-dealkylation sites (tertiary alicyclic amines) is 1. The number of aryl methyl sites for hydroxylation is 2. The molecule has 0 bridgehead atoms. The van der Waals surface area contributed by atoms with E-state index in [1.807, 2.05) is 13.8 Å². The molecule has 1 saturated heterocycles. The lowest BCUT2D eigenvalue weighted by atomic mass is 10.00. The summed E-state index contributed by atoms with van der Waals surface area (Å²) >= 11 is 1.75. The Morgan fingerprint density at radius 1 is 1.41 bits per heavy atom. The third kappa shape index (κ3) is 3.69. The number of hydrogen-bond acceptors (Lipinski definition) is 3. The van der Waals surface area contributed by atoms with Gasteiger partial charge >= 0.3 is 0 Å². The number of thiophene rings is 1. The van der Waals surface area contributed by atoms with Crippen LogP contribution in [0.4, 0.5) is 0 Å². The summed E-state index contributed by atoms with van der Waals surface area (Å²) < 4.78 is 0. The van der Waals surface area contributed by atoms with E-state index in [1.54, 1.807) is 16.2 Å². The first kappa shape index (κ1) is 17.0. The summed E-state index contributed by atoms with van der Waals surface area (Å²) in [6.07, 6.45) is 3.23. The summed E-state index contributed by atoms with van der Waals surface area (Å²) in [7, 11) is 0. The van der Waals surface area contributed by atoms with Crippen LogP contribution in [0.2, 0.25) is 0 Å². The molecule has 0 saturated carbocycles. The number of nitrogens with zero attached hydrogens (tertiary/aromatic N) is 1. The highest BCUT2D eigenvalue weighted by atomic mass is 32.1. The molecule has 5 heteroatoms. The van der Waals surface area contributed by atoms with Gasteiger partial charge in [-0.2, -0.15) is 0 Å². The van der Waals surface area contributed by atoms with Gasteiger partial charge in [-0.1, -0.05) is 6.92 Å². The molecule has 2 amide bonds. The third-order valence-electron chi connectivity index (χ3n) is 4.33. The van der Waals surface area contributed by atoms with Gasteiger partial charge in [0.1, 0.15) is 6.04 Å². The standard InChI is InChI=1S/C17H26N2O2S/c1-5-16(20)19-9-7-6-8-15(19)17(21)18-12(3)14-10-11(2)22-13(14)4/h10,12,15H,5-9H2,1-4H3,(H,18,21)/t12-,15+/m1/s1. The number of carbonyl (C=O) groups is 2. The van der Waals surface area contributed by atoms with Crippen molar-refractivity contribution in [2.24, 2.45) is 0 Å². The van der Waals surface area contributed by atoms with E-state index in [4.69, 9.17) is 0 Å². The lowest BCUT2D eigenvalue weighted by Crippen LogP contribution is -2.52. The number of nitrogens with one attached hydrogen (secondary N) is 1. The van der Waals surface area contributed by atoms with Crippen molar-refractivity contribution in [3.8, 4) is 0 Å².